The van der Waals surface area contributed by atoms with Crippen LogP contribution >= 0.6 is 11.6 Å². The van der Waals surface area contributed by atoms with Gasteiger partial charge in [0.15, 0.2) is 0 Å². The summed E-state index contributed by atoms with van der Waals surface area (Å²) in [6.45, 7) is 0.211. The average Bonchev–Trinajstić information content (AvgIpc) is 2.59. The lowest BCUT2D eigenvalue weighted by Crippen LogP contribution is -2.42. The number of sulfonamides is 1. The number of ether oxygens (including phenoxy) is 1. The third-order valence-corrected chi connectivity index (χ3v) is 5.68. The fourth-order valence-corrected chi connectivity index (χ4v) is 4.15. The largest absolute Gasteiger partial charge is 0.469 e. The van der Waals surface area contributed by atoms with Crippen molar-refractivity contribution < 1.29 is 35.3 Å². The summed E-state index contributed by atoms with van der Waals surface area (Å²) in [6, 6.07) is 5.30. The van der Waals surface area contributed by atoms with Crippen LogP contribution in [0, 0.1) is 0 Å². The molecule has 0 saturated carbocycles. The monoisotopic (exact) mass is 470 g/mol. The SMILES string of the molecule is COC(=O)CCCCNC(=O)CC(NS(=O)(=O)c1cccc(Cl)c1)OS(C)(=O)=O. The molecule has 29 heavy (non-hydrogen) atoms. The van der Waals surface area contributed by atoms with Gasteiger partial charge in [0.25, 0.3) is 10.1 Å². The molecule has 1 rings (SSSR count). The van der Waals surface area contributed by atoms with Gasteiger partial charge in [-0.2, -0.15) is 13.1 Å². The van der Waals surface area contributed by atoms with Crippen molar-refractivity contribution in [3.63, 3.8) is 0 Å². The second-order valence-electron chi connectivity index (χ2n) is 5.95. The molecule has 0 bridgehead atoms. The molecule has 10 nitrogen and oxygen atoms in total. The number of rotatable bonds is 12. The third kappa shape index (κ3) is 10.6. The van der Waals surface area contributed by atoms with E-state index in [1.165, 1.54) is 31.4 Å². The van der Waals surface area contributed by atoms with Crippen molar-refractivity contribution in [3.8, 4) is 0 Å². The van der Waals surface area contributed by atoms with E-state index in [-0.39, 0.29) is 28.9 Å². The van der Waals surface area contributed by atoms with Crippen molar-refractivity contribution in [1.82, 2.24) is 10.0 Å². The first kappa shape index (κ1) is 25.3. The summed E-state index contributed by atoms with van der Waals surface area (Å²) >= 11 is 5.78. The molecule has 1 unspecified atom stereocenters. The number of hydrogen-bond acceptors (Lipinski definition) is 8. The number of nitrogens with one attached hydrogen (secondary N) is 2. The van der Waals surface area contributed by atoms with Crippen LogP contribution in [-0.4, -0.2) is 54.9 Å². The first-order chi connectivity index (χ1) is 13.4. The van der Waals surface area contributed by atoms with Gasteiger partial charge in [-0.3, -0.25) is 9.59 Å². The highest BCUT2D eigenvalue weighted by molar-refractivity contribution is 7.89. The maximum atomic E-state index is 12.4. The highest BCUT2D eigenvalue weighted by Gasteiger charge is 2.26. The van der Waals surface area contributed by atoms with Crippen LogP contribution in [0.4, 0.5) is 0 Å². The Labute approximate surface area is 175 Å². The quantitative estimate of drug-likeness (QED) is 0.197. The number of methoxy groups -OCH3 is 1. The Morgan fingerprint density at radius 3 is 2.45 bits per heavy atom. The van der Waals surface area contributed by atoms with Crippen molar-refractivity contribution in [1.29, 1.82) is 0 Å². The molecule has 0 saturated heterocycles. The van der Waals surface area contributed by atoms with Gasteiger partial charge in [-0.25, -0.2) is 12.6 Å². The normalized spacial score (nSPS) is 12.9. The number of carbonyl (C=O) groups is 2. The topological polar surface area (TPSA) is 145 Å². The van der Waals surface area contributed by atoms with Crippen LogP contribution < -0.4 is 10.0 Å². The van der Waals surface area contributed by atoms with Crippen LogP contribution in [0.3, 0.4) is 0 Å². The molecular formula is C16H23ClN2O8S2. The molecule has 0 aromatic heterocycles. The molecule has 1 atom stereocenters. The molecule has 0 aliphatic rings. The van der Waals surface area contributed by atoms with Crippen LogP contribution in [0.5, 0.6) is 0 Å². The van der Waals surface area contributed by atoms with Gasteiger partial charge >= 0.3 is 5.97 Å². The molecule has 13 heteroatoms. The molecule has 0 spiro atoms. The summed E-state index contributed by atoms with van der Waals surface area (Å²) < 4.78 is 59.0. The molecule has 2 N–H and O–H groups in total. The Morgan fingerprint density at radius 1 is 1.17 bits per heavy atom. The zero-order valence-corrected chi connectivity index (χ0v) is 18.3. The van der Waals surface area contributed by atoms with Crippen LogP contribution in [-0.2, 0) is 38.7 Å². The minimum atomic E-state index is -4.20. The van der Waals surface area contributed by atoms with Gasteiger partial charge in [-0.1, -0.05) is 17.7 Å². The van der Waals surface area contributed by atoms with E-state index >= 15 is 0 Å². The van der Waals surface area contributed by atoms with Gasteiger partial charge in [-0.05, 0) is 31.0 Å². The number of hydrogen-bond donors (Lipinski definition) is 2. The lowest BCUT2D eigenvalue weighted by atomic mass is 10.2. The number of benzene rings is 1. The number of halogens is 1. The summed E-state index contributed by atoms with van der Waals surface area (Å²) in [4.78, 5) is 22.8. The lowest BCUT2D eigenvalue weighted by Gasteiger charge is -2.18. The summed E-state index contributed by atoms with van der Waals surface area (Å²) in [5, 5.41) is 2.67. The highest BCUT2D eigenvalue weighted by atomic mass is 35.5. The Bertz CT molecular complexity index is 919. The van der Waals surface area contributed by atoms with Crippen LogP contribution in [0.1, 0.15) is 25.7 Å². The Hall–Kier alpha value is -1.73. The molecule has 1 amide bonds. The summed E-state index contributed by atoms with van der Waals surface area (Å²) in [5.41, 5.74) is 0. The van der Waals surface area contributed by atoms with E-state index in [0.29, 0.717) is 12.8 Å². The standard InChI is InChI=1S/C16H23ClN2O8S2/c1-26-16(21)8-3-4-9-18-14(20)11-15(27-28(2,22)23)19-29(24,25)13-7-5-6-12(17)10-13/h5-7,10,15,19H,3-4,8-9,11H2,1-2H3,(H,18,20). The number of carbonyl (C=O) groups excluding carboxylic acids is 2. The number of esters is 1. The van der Waals surface area contributed by atoms with Gasteiger partial charge in [-0.15, -0.1) is 0 Å². The van der Waals surface area contributed by atoms with Crippen LogP contribution in [0.2, 0.25) is 5.02 Å². The van der Waals surface area contributed by atoms with Crippen molar-refractivity contribution in [2.75, 3.05) is 19.9 Å². The van der Waals surface area contributed by atoms with Crippen molar-refractivity contribution in [2.24, 2.45) is 0 Å². The van der Waals surface area contributed by atoms with E-state index in [4.69, 9.17) is 15.8 Å². The average molecular weight is 471 g/mol. The maximum Gasteiger partial charge on any atom is 0.305 e. The minimum Gasteiger partial charge on any atom is -0.469 e. The summed E-state index contributed by atoms with van der Waals surface area (Å²) in [6.07, 6.45) is -0.331. The van der Waals surface area contributed by atoms with Gasteiger partial charge in [0.2, 0.25) is 15.9 Å². The van der Waals surface area contributed by atoms with E-state index in [9.17, 15) is 26.4 Å². The molecule has 1 aromatic rings. The van der Waals surface area contributed by atoms with E-state index < -0.39 is 38.7 Å². The Morgan fingerprint density at radius 2 is 1.86 bits per heavy atom. The maximum absolute atomic E-state index is 12.4. The predicted molar refractivity (Wildman–Crippen MR) is 105 cm³/mol. The molecule has 0 heterocycles. The zero-order chi connectivity index (χ0) is 22.1. The summed E-state index contributed by atoms with van der Waals surface area (Å²) in [7, 11) is -6.98. The van der Waals surface area contributed by atoms with Gasteiger partial charge in [0.1, 0.15) is 6.23 Å². The van der Waals surface area contributed by atoms with Crippen LogP contribution in [0.15, 0.2) is 29.2 Å². The van der Waals surface area contributed by atoms with Gasteiger partial charge in [0.05, 0.1) is 24.7 Å². The van der Waals surface area contributed by atoms with E-state index in [1.807, 2.05) is 4.72 Å². The second-order valence-corrected chi connectivity index (χ2v) is 9.71. The van der Waals surface area contributed by atoms with E-state index in [0.717, 1.165) is 6.26 Å². The van der Waals surface area contributed by atoms with Gasteiger partial charge < -0.3 is 10.1 Å². The van der Waals surface area contributed by atoms with E-state index in [1.54, 1.807) is 0 Å². The fraction of sp³-hybridized carbons (Fsp3) is 0.500. The molecule has 164 valence electrons. The molecular weight excluding hydrogens is 448 g/mol. The van der Waals surface area contributed by atoms with E-state index in [2.05, 4.69) is 10.1 Å². The molecule has 0 radical (unpaired) electrons. The molecule has 0 fully saturated rings. The third-order valence-electron chi connectivity index (χ3n) is 3.41. The highest BCUT2D eigenvalue weighted by Crippen LogP contribution is 2.16. The molecule has 1 aromatic carbocycles. The lowest BCUT2D eigenvalue weighted by molar-refractivity contribution is -0.140. The number of amides is 1. The van der Waals surface area contributed by atoms with Crippen molar-refractivity contribution >= 4 is 43.6 Å². The Balaban J connectivity index is 2.71. The minimum absolute atomic E-state index is 0.165. The fourth-order valence-electron chi connectivity index (χ4n) is 2.15. The first-order valence-corrected chi connectivity index (χ1v) is 12.1. The van der Waals surface area contributed by atoms with Gasteiger partial charge in [0, 0.05) is 18.0 Å². The predicted octanol–water partition coefficient (Wildman–Crippen LogP) is 0.770. The molecule has 0 aliphatic carbocycles. The zero-order valence-electron chi connectivity index (χ0n) is 15.9. The van der Waals surface area contributed by atoms with Crippen molar-refractivity contribution in [3.05, 3.63) is 29.3 Å². The number of unbranched alkanes of at least 4 members (excludes halogenated alkanes) is 1. The van der Waals surface area contributed by atoms with Crippen LogP contribution in [0.25, 0.3) is 0 Å². The first-order valence-electron chi connectivity index (χ1n) is 8.42. The molecule has 0 aliphatic heterocycles. The second kappa shape index (κ2) is 11.5. The van der Waals surface area contributed by atoms with Crippen molar-refractivity contribution in [2.45, 2.75) is 36.8 Å². The smallest absolute Gasteiger partial charge is 0.305 e. The summed E-state index contributed by atoms with van der Waals surface area (Å²) in [5.74, 6) is -1.00. The Kier molecular flexibility index (Phi) is 10.00.